The van der Waals surface area contributed by atoms with E-state index in [-0.39, 0.29) is 0 Å². The molecule has 0 amide bonds. The van der Waals surface area contributed by atoms with Crippen LogP contribution in [0.25, 0.3) is 121 Å². The first-order chi connectivity index (χ1) is 28.2. The van der Waals surface area contributed by atoms with Gasteiger partial charge in [-0.1, -0.05) is 140 Å². The molecule has 0 atom stereocenters. The van der Waals surface area contributed by atoms with Crippen molar-refractivity contribution in [2.45, 2.75) is 0 Å². The lowest BCUT2D eigenvalue weighted by molar-refractivity contribution is 1.19. The van der Waals surface area contributed by atoms with Crippen LogP contribution in [0.5, 0.6) is 0 Å². The number of hydrogen-bond donors (Lipinski definition) is 0. The van der Waals surface area contributed by atoms with Gasteiger partial charge in [0.2, 0.25) is 0 Å². The molecule has 0 radical (unpaired) electrons. The van der Waals surface area contributed by atoms with Crippen molar-refractivity contribution in [2.75, 3.05) is 0 Å². The molecule has 0 fully saturated rings. The van der Waals surface area contributed by atoms with E-state index in [2.05, 4.69) is 168 Å². The monoisotopic (exact) mass is 743 g/mol. The van der Waals surface area contributed by atoms with Gasteiger partial charge in [0.15, 0.2) is 5.82 Å². The minimum Gasteiger partial charge on any atom is -0.247 e. The number of benzene rings is 9. The van der Waals surface area contributed by atoms with E-state index in [1.807, 2.05) is 12.1 Å². The summed E-state index contributed by atoms with van der Waals surface area (Å²) >= 11 is 1.24. The van der Waals surface area contributed by atoms with Crippen molar-refractivity contribution in [2.24, 2.45) is 0 Å². The molecule has 0 aliphatic rings. The van der Waals surface area contributed by atoms with Gasteiger partial charge in [-0.3, -0.25) is 0 Å². The van der Waals surface area contributed by atoms with Crippen LogP contribution in [0.1, 0.15) is 0 Å². The van der Waals surface area contributed by atoms with Crippen molar-refractivity contribution in [1.82, 2.24) is 23.7 Å². The SMILES string of the molecule is c1ccc(-c2nc3cc(-c4cc(-c5cc6ccccc6c6ccccc56)nc(-c5cc6ccccc6c6ccccc56)n4)ccc3c3c2ccc2nsnc23)cc1. The summed E-state index contributed by atoms with van der Waals surface area (Å²) in [7, 11) is 0. The van der Waals surface area contributed by atoms with Gasteiger partial charge < -0.3 is 0 Å². The Morgan fingerprint density at radius 3 is 1.68 bits per heavy atom. The van der Waals surface area contributed by atoms with Crippen LogP contribution in [0, 0.1) is 0 Å². The predicted molar refractivity (Wildman–Crippen MR) is 238 cm³/mol. The number of fused-ring (bicyclic) bond motifs is 11. The topological polar surface area (TPSA) is 64.5 Å². The Morgan fingerprint density at radius 1 is 0.351 bits per heavy atom. The third kappa shape index (κ3) is 5.04. The Bertz CT molecular complexity index is 3460. The second-order valence-corrected chi connectivity index (χ2v) is 15.1. The lowest BCUT2D eigenvalue weighted by Crippen LogP contribution is -1.98. The smallest absolute Gasteiger partial charge is 0.161 e. The van der Waals surface area contributed by atoms with Gasteiger partial charge in [-0.05, 0) is 79.5 Å². The van der Waals surface area contributed by atoms with Crippen molar-refractivity contribution in [1.29, 1.82) is 0 Å². The van der Waals surface area contributed by atoms with E-state index in [0.717, 1.165) is 88.2 Å². The Hall–Kier alpha value is -7.41. The molecular formula is C51H29N5S. The number of hydrogen-bond acceptors (Lipinski definition) is 6. The predicted octanol–water partition coefficient (Wildman–Crippen LogP) is 13.5. The van der Waals surface area contributed by atoms with Gasteiger partial charge in [-0.2, -0.15) is 8.75 Å². The quantitative estimate of drug-likeness (QED) is 0.168. The molecular weight excluding hydrogens is 715 g/mol. The molecule has 0 N–H and O–H groups in total. The fourth-order valence-corrected chi connectivity index (χ4v) is 9.21. The molecule has 0 aliphatic carbocycles. The second-order valence-electron chi connectivity index (χ2n) is 14.5. The Balaban J connectivity index is 1.16. The third-order valence-electron chi connectivity index (χ3n) is 11.3. The van der Waals surface area contributed by atoms with Crippen LogP contribution >= 0.6 is 11.7 Å². The molecule has 12 aromatic rings. The molecule has 0 unspecified atom stereocenters. The summed E-state index contributed by atoms with van der Waals surface area (Å²) in [5.74, 6) is 0.675. The van der Waals surface area contributed by atoms with Crippen molar-refractivity contribution in [3.05, 3.63) is 176 Å². The highest BCUT2D eigenvalue weighted by Crippen LogP contribution is 2.41. The van der Waals surface area contributed by atoms with Gasteiger partial charge in [0.25, 0.3) is 0 Å². The minimum atomic E-state index is 0.675. The van der Waals surface area contributed by atoms with E-state index >= 15 is 0 Å². The van der Waals surface area contributed by atoms with Crippen LogP contribution in [0.2, 0.25) is 0 Å². The van der Waals surface area contributed by atoms with Crippen LogP contribution in [0.4, 0.5) is 0 Å². The molecule has 3 heterocycles. The molecule has 5 nitrogen and oxygen atoms in total. The maximum absolute atomic E-state index is 5.46. The average molecular weight is 744 g/mol. The molecule has 0 aliphatic heterocycles. The van der Waals surface area contributed by atoms with Gasteiger partial charge in [0, 0.05) is 38.4 Å². The number of pyridine rings is 1. The Morgan fingerprint density at radius 2 is 0.947 bits per heavy atom. The fourth-order valence-electron chi connectivity index (χ4n) is 8.67. The van der Waals surface area contributed by atoms with E-state index in [9.17, 15) is 0 Å². The fraction of sp³-hybridized carbons (Fsp3) is 0. The molecule has 3 aromatic heterocycles. The van der Waals surface area contributed by atoms with E-state index in [0.29, 0.717) is 5.82 Å². The second kappa shape index (κ2) is 12.6. The highest BCUT2D eigenvalue weighted by atomic mass is 32.1. The Labute approximate surface area is 330 Å². The first-order valence-electron chi connectivity index (χ1n) is 19.0. The molecule has 0 saturated heterocycles. The highest BCUT2D eigenvalue weighted by Gasteiger charge is 2.19. The van der Waals surface area contributed by atoms with E-state index < -0.39 is 0 Å². The van der Waals surface area contributed by atoms with Gasteiger partial charge in [0.05, 0.1) is 34.3 Å². The van der Waals surface area contributed by atoms with E-state index in [4.69, 9.17) is 19.3 Å². The van der Waals surface area contributed by atoms with Gasteiger partial charge >= 0.3 is 0 Å². The highest BCUT2D eigenvalue weighted by molar-refractivity contribution is 7.00. The van der Waals surface area contributed by atoms with Gasteiger partial charge in [-0.15, -0.1) is 0 Å². The zero-order valence-electron chi connectivity index (χ0n) is 30.4. The molecule has 0 saturated carbocycles. The summed E-state index contributed by atoms with van der Waals surface area (Å²) < 4.78 is 9.37. The summed E-state index contributed by atoms with van der Waals surface area (Å²) in [6.45, 7) is 0. The van der Waals surface area contributed by atoms with Crippen molar-refractivity contribution < 1.29 is 0 Å². The molecule has 12 rings (SSSR count). The van der Waals surface area contributed by atoms with Gasteiger partial charge in [0.1, 0.15) is 11.0 Å². The van der Waals surface area contributed by atoms with E-state index in [1.165, 1.54) is 38.7 Å². The summed E-state index contributed by atoms with van der Waals surface area (Å²) in [4.78, 5) is 16.3. The maximum Gasteiger partial charge on any atom is 0.161 e. The number of aromatic nitrogens is 5. The lowest BCUT2D eigenvalue weighted by atomic mass is 9.94. The van der Waals surface area contributed by atoms with Crippen LogP contribution in [0.15, 0.2) is 176 Å². The summed E-state index contributed by atoms with van der Waals surface area (Å²) in [6.07, 6.45) is 0. The molecule has 6 heteroatoms. The zero-order valence-corrected chi connectivity index (χ0v) is 31.2. The van der Waals surface area contributed by atoms with Crippen molar-refractivity contribution >= 4 is 87.5 Å². The normalized spacial score (nSPS) is 11.9. The Kier molecular flexibility index (Phi) is 7.03. The van der Waals surface area contributed by atoms with E-state index in [1.54, 1.807) is 0 Å². The first-order valence-corrected chi connectivity index (χ1v) is 19.7. The van der Waals surface area contributed by atoms with Crippen molar-refractivity contribution in [3.8, 4) is 45.2 Å². The summed E-state index contributed by atoms with van der Waals surface area (Å²) in [5, 5.41) is 12.5. The summed E-state index contributed by atoms with van der Waals surface area (Å²) in [6, 6.07) is 62.1. The maximum atomic E-state index is 5.46. The average Bonchev–Trinajstić information content (AvgIpc) is 3.78. The largest absolute Gasteiger partial charge is 0.247 e. The van der Waals surface area contributed by atoms with Crippen LogP contribution in [0.3, 0.4) is 0 Å². The van der Waals surface area contributed by atoms with Gasteiger partial charge in [-0.25, -0.2) is 15.0 Å². The van der Waals surface area contributed by atoms with Crippen LogP contribution < -0.4 is 0 Å². The lowest BCUT2D eigenvalue weighted by Gasteiger charge is -2.15. The summed E-state index contributed by atoms with van der Waals surface area (Å²) in [5.41, 5.74) is 9.32. The molecule has 0 bridgehead atoms. The number of rotatable bonds is 4. The molecule has 264 valence electrons. The van der Waals surface area contributed by atoms with Crippen molar-refractivity contribution in [3.63, 3.8) is 0 Å². The minimum absolute atomic E-state index is 0.675. The third-order valence-corrected chi connectivity index (χ3v) is 11.8. The molecule has 9 aromatic carbocycles. The van der Waals surface area contributed by atoms with Crippen LogP contribution in [-0.2, 0) is 0 Å². The molecule has 57 heavy (non-hydrogen) atoms. The molecule has 0 spiro atoms. The zero-order chi connectivity index (χ0) is 37.5. The standard InChI is InChI=1S/C51H29N5S/c1-2-12-30(13-3-1)49-41-24-25-44-50(56-57-55-44)48(41)40-23-22-33(28-46(40)52-49)45-29-47(42-26-31-14-4-6-16-34(31)36-18-8-10-20-38(36)42)54-51(53-45)43-27-32-15-5-7-17-35(32)37-19-9-11-21-39(37)43/h1-29H. The van der Waals surface area contributed by atoms with Crippen LogP contribution in [-0.4, -0.2) is 23.7 Å². The first kappa shape index (κ1) is 31.9. The number of nitrogens with zero attached hydrogens (tertiary/aromatic N) is 5.